The first-order valence-corrected chi connectivity index (χ1v) is 11.6. The number of fused-ring (bicyclic) bond motifs is 1. The lowest BCUT2D eigenvalue weighted by Crippen LogP contribution is -2.49. The topological polar surface area (TPSA) is 89.5 Å². The van der Waals surface area contributed by atoms with Gasteiger partial charge in [0.05, 0.1) is 30.0 Å². The van der Waals surface area contributed by atoms with E-state index in [1.54, 1.807) is 13.2 Å². The van der Waals surface area contributed by atoms with E-state index in [4.69, 9.17) is 14.7 Å². The second-order valence-corrected chi connectivity index (χ2v) is 9.31. The molecule has 2 aliphatic carbocycles. The first kappa shape index (κ1) is 21.7. The molecule has 2 heterocycles. The summed E-state index contributed by atoms with van der Waals surface area (Å²) in [5.41, 5.74) is 2.12. The number of nitrogens with zero attached hydrogens (tertiary/aromatic N) is 3. The Labute approximate surface area is 193 Å². The van der Waals surface area contributed by atoms with Gasteiger partial charge in [0.15, 0.2) is 0 Å². The molecule has 2 fully saturated rings. The number of aliphatic hydroxyl groups is 1. The van der Waals surface area contributed by atoms with E-state index in [0.29, 0.717) is 23.0 Å². The number of nitrogens with one attached hydrogen (secondary N) is 1. The lowest BCUT2D eigenvalue weighted by atomic mass is 9.79. The number of ether oxygens (including phenoxy) is 1. The smallest absolute Gasteiger partial charge is 0.325 e. The van der Waals surface area contributed by atoms with E-state index in [0.717, 1.165) is 55.1 Å². The van der Waals surface area contributed by atoms with Gasteiger partial charge in [0.25, 0.3) is 0 Å². The number of rotatable bonds is 6. The number of carbonyl (C=O) groups is 1. The van der Waals surface area contributed by atoms with Gasteiger partial charge in [0.2, 0.25) is 5.69 Å². The van der Waals surface area contributed by atoms with Gasteiger partial charge in [-0.05, 0) is 56.6 Å². The standard InChI is InChI=1S/C25H30N4O4/c1-16-5-4-6-22(29(16)33-3)24(30)26-21-13-17-15-28(27-20(17)14-23(21)32-2)19-9-11-25(31,12-10-19)18-7-8-18/h4-6,13-15,18-19,31H,7-12H2,1-3H3/p+1. The monoisotopic (exact) mass is 451 g/mol. The third-order valence-corrected chi connectivity index (χ3v) is 7.17. The van der Waals surface area contributed by atoms with Crippen LogP contribution in [0, 0.1) is 12.8 Å². The van der Waals surface area contributed by atoms with Crippen LogP contribution in [-0.4, -0.2) is 40.6 Å². The molecule has 33 heavy (non-hydrogen) atoms. The number of anilines is 1. The van der Waals surface area contributed by atoms with Gasteiger partial charge in [-0.2, -0.15) is 5.10 Å². The van der Waals surface area contributed by atoms with E-state index in [9.17, 15) is 9.90 Å². The zero-order chi connectivity index (χ0) is 23.2. The van der Waals surface area contributed by atoms with Crippen molar-refractivity contribution in [3.63, 3.8) is 0 Å². The molecule has 5 rings (SSSR count). The molecule has 1 aromatic carbocycles. The van der Waals surface area contributed by atoms with Crippen LogP contribution in [0.5, 0.6) is 5.75 Å². The van der Waals surface area contributed by atoms with Crippen LogP contribution < -0.4 is 19.6 Å². The molecule has 3 aromatic rings. The molecule has 0 saturated heterocycles. The molecule has 0 atom stereocenters. The lowest BCUT2D eigenvalue weighted by Gasteiger charge is -2.36. The average Bonchev–Trinajstić information content (AvgIpc) is 3.60. The van der Waals surface area contributed by atoms with Gasteiger partial charge in [0, 0.05) is 41.4 Å². The first-order valence-electron chi connectivity index (χ1n) is 11.6. The quantitative estimate of drug-likeness (QED) is 0.562. The summed E-state index contributed by atoms with van der Waals surface area (Å²) in [5, 5.41) is 19.5. The fourth-order valence-electron chi connectivity index (χ4n) is 5.12. The highest BCUT2D eigenvalue weighted by atomic mass is 16.6. The summed E-state index contributed by atoms with van der Waals surface area (Å²) in [6.07, 6.45) is 7.86. The molecule has 2 N–H and O–H groups in total. The molecule has 0 radical (unpaired) electrons. The van der Waals surface area contributed by atoms with Crippen molar-refractivity contribution >= 4 is 22.5 Å². The van der Waals surface area contributed by atoms with Crippen molar-refractivity contribution in [1.82, 2.24) is 9.78 Å². The third-order valence-electron chi connectivity index (χ3n) is 7.17. The molecular formula is C25H31N4O4+. The SMILES string of the molecule is COc1cc2nn(C3CCC(O)(C4CC4)CC3)cc2cc1NC(=O)c1cccc(C)[n+]1OC. The summed E-state index contributed by atoms with van der Waals surface area (Å²) in [4.78, 5) is 18.4. The van der Waals surface area contributed by atoms with Gasteiger partial charge in [-0.1, -0.05) is 0 Å². The maximum atomic E-state index is 13.0. The van der Waals surface area contributed by atoms with Crippen LogP contribution in [0.1, 0.15) is 60.7 Å². The fraction of sp³-hybridized carbons (Fsp3) is 0.480. The number of hydrogen-bond acceptors (Lipinski definition) is 5. The number of amides is 1. The normalized spacial score (nSPS) is 22.8. The largest absolute Gasteiger partial charge is 0.494 e. The Hall–Kier alpha value is -3.13. The minimum Gasteiger partial charge on any atom is -0.494 e. The molecular weight excluding hydrogens is 420 g/mol. The van der Waals surface area contributed by atoms with Crippen LogP contribution in [0.4, 0.5) is 5.69 Å². The summed E-state index contributed by atoms with van der Waals surface area (Å²) in [6.45, 7) is 1.87. The number of pyridine rings is 1. The van der Waals surface area contributed by atoms with Gasteiger partial charge in [-0.25, -0.2) is 0 Å². The zero-order valence-electron chi connectivity index (χ0n) is 19.4. The van der Waals surface area contributed by atoms with Crippen molar-refractivity contribution in [3.8, 4) is 5.75 Å². The summed E-state index contributed by atoms with van der Waals surface area (Å²) in [5.74, 6) is 0.748. The minimum absolute atomic E-state index is 0.272. The van der Waals surface area contributed by atoms with E-state index in [-0.39, 0.29) is 11.9 Å². The molecule has 0 spiro atoms. The highest BCUT2D eigenvalue weighted by Gasteiger charge is 2.45. The fourth-order valence-corrected chi connectivity index (χ4v) is 5.12. The zero-order valence-corrected chi connectivity index (χ0v) is 19.4. The summed E-state index contributed by atoms with van der Waals surface area (Å²) >= 11 is 0. The predicted molar refractivity (Wildman–Crippen MR) is 123 cm³/mol. The highest BCUT2D eigenvalue weighted by Crippen LogP contribution is 2.49. The maximum Gasteiger partial charge on any atom is 0.325 e. The molecule has 174 valence electrons. The van der Waals surface area contributed by atoms with E-state index < -0.39 is 5.60 Å². The summed E-state index contributed by atoms with van der Waals surface area (Å²) in [6, 6.07) is 9.42. The Morgan fingerprint density at radius 1 is 1.21 bits per heavy atom. The van der Waals surface area contributed by atoms with E-state index in [1.807, 2.05) is 42.1 Å². The van der Waals surface area contributed by atoms with Gasteiger partial charge in [0.1, 0.15) is 12.9 Å². The molecule has 8 heteroatoms. The van der Waals surface area contributed by atoms with Crippen molar-refractivity contribution in [3.05, 3.63) is 47.9 Å². The molecule has 0 aliphatic heterocycles. The molecule has 2 saturated carbocycles. The van der Waals surface area contributed by atoms with Crippen LogP contribution >= 0.6 is 0 Å². The molecule has 2 aliphatic rings. The van der Waals surface area contributed by atoms with Crippen molar-refractivity contribution in [2.45, 2.75) is 57.1 Å². The molecule has 0 bridgehead atoms. The van der Waals surface area contributed by atoms with Crippen LogP contribution in [-0.2, 0) is 0 Å². The van der Waals surface area contributed by atoms with Crippen LogP contribution in [0.25, 0.3) is 10.9 Å². The highest BCUT2D eigenvalue weighted by molar-refractivity contribution is 6.04. The average molecular weight is 452 g/mol. The Bertz CT molecular complexity index is 1190. The molecule has 0 unspecified atom stereocenters. The van der Waals surface area contributed by atoms with Crippen LogP contribution in [0.3, 0.4) is 0 Å². The number of carbonyl (C=O) groups excluding carboxylic acids is 1. The van der Waals surface area contributed by atoms with Crippen LogP contribution in [0.15, 0.2) is 36.5 Å². The number of methoxy groups -OCH3 is 1. The van der Waals surface area contributed by atoms with Gasteiger partial charge in [-0.3, -0.25) is 14.3 Å². The number of benzene rings is 1. The molecule has 2 aromatic heterocycles. The van der Waals surface area contributed by atoms with E-state index in [2.05, 4.69) is 5.32 Å². The summed E-state index contributed by atoms with van der Waals surface area (Å²) in [7, 11) is 3.11. The maximum absolute atomic E-state index is 13.0. The second-order valence-electron chi connectivity index (χ2n) is 9.31. The number of aryl methyl sites for hydroxylation is 1. The van der Waals surface area contributed by atoms with E-state index in [1.165, 1.54) is 11.8 Å². The van der Waals surface area contributed by atoms with E-state index >= 15 is 0 Å². The first-order chi connectivity index (χ1) is 15.9. The minimum atomic E-state index is -0.474. The predicted octanol–water partition coefficient (Wildman–Crippen LogP) is 3.21. The third kappa shape index (κ3) is 4.04. The van der Waals surface area contributed by atoms with Crippen molar-refractivity contribution in [1.29, 1.82) is 0 Å². The van der Waals surface area contributed by atoms with Crippen LogP contribution in [0.2, 0.25) is 0 Å². The van der Waals surface area contributed by atoms with Crippen molar-refractivity contribution < 1.29 is 24.2 Å². The Morgan fingerprint density at radius 3 is 2.64 bits per heavy atom. The molecule has 8 nitrogen and oxygen atoms in total. The summed E-state index contributed by atoms with van der Waals surface area (Å²) < 4.78 is 9.06. The van der Waals surface area contributed by atoms with Gasteiger partial charge < -0.3 is 15.2 Å². The second kappa shape index (κ2) is 8.33. The lowest BCUT2D eigenvalue weighted by molar-refractivity contribution is -0.890. The molecule has 1 amide bonds. The number of aromatic nitrogens is 3. The Kier molecular flexibility index (Phi) is 5.48. The van der Waals surface area contributed by atoms with Crippen molar-refractivity contribution in [2.24, 2.45) is 5.92 Å². The van der Waals surface area contributed by atoms with Crippen molar-refractivity contribution in [2.75, 3.05) is 19.5 Å². The van der Waals surface area contributed by atoms with Gasteiger partial charge in [-0.15, -0.1) is 0 Å². The van der Waals surface area contributed by atoms with Gasteiger partial charge >= 0.3 is 11.6 Å². The Balaban J connectivity index is 1.39. The Morgan fingerprint density at radius 2 is 1.97 bits per heavy atom. The number of hydrogen-bond donors (Lipinski definition) is 2.